The third-order valence-electron chi connectivity index (χ3n) is 3.72. The lowest BCUT2D eigenvalue weighted by molar-refractivity contribution is -0.117. The Morgan fingerprint density at radius 2 is 1.83 bits per heavy atom. The molecular formula is C18H17N3O2S. The summed E-state index contributed by atoms with van der Waals surface area (Å²) < 4.78 is 1.53. The molecular weight excluding hydrogens is 322 g/mol. The molecule has 1 amide bonds. The van der Waals surface area contributed by atoms with Crippen LogP contribution in [0.25, 0.3) is 16.6 Å². The molecule has 0 aliphatic heterocycles. The summed E-state index contributed by atoms with van der Waals surface area (Å²) in [5.74, 6) is -0.446. The van der Waals surface area contributed by atoms with Crippen LogP contribution in [0.5, 0.6) is 0 Å². The van der Waals surface area contributed by atoms with Crippen molar-refractivity contribution in [2.45, 2.75) is 24.3 Å². The molecule has 0 spiro atoms. The van der Waals surface area contributed by atoms with Crippen molar-refractivity contribution in [3.63, 3.8) is 0 Å². The van der Waals surface area contributed by atoms with Crippen molar-refractivity contribution in [1.29, 1.82) is 0 Å². The van der Waals surface area contributed by atoms with Gasteiger partial charge in [0.1, 0.15) is 0 Å². The maximum Gasteiger partial charge on any atom is 0.266 e. The smallest absolute Gasteiger partial charge is 0.266 e. The van der Waals surface area contributed by atoms with E-state index in [2.05, 4.69) is 4.98 Å². The number of hydrogen-bond donors (Lipinski definition) is 1. The van der Waals surface area contributed by atoms with Crippen molar-refractivity contribution in [3.05, 3.63) is 64.4 Å². The number of para-hydroxylation sites is 1. The highest BCUT2D eigenvalue weighted by Gasteiger charge is 2.18. The molecule has 0 radical (unpaired) electrons. The van der Waals surface area contributed by atoms with E-state index in [0.717, 1.165) is 5.56 Å². The first-order chi connectivity index (χ1) is 11.5. The zero-order valence-corrected chi connectivity index (χ0v) is 14.2. The molecule has 122 valence electrons. The van der Waals surface area contributed by atoms with E-state index in [1.54, 1.807) is 19.1 Å². The van der Waals surface area contributed by atoms with Gasteiger partial charge in [0.25, 0.3) is 5.56 Å². The summed E-state index contributed by atoms with van der Waals surface area (Å²) >= 11 is 1.18. The van der Waals surface area contributed by atoms with Gasteiger partial charge < -0.3 is 5.73 Å². The number of aryl methyl sites for hydroxylation is 1. The topological polar surface area (TPSA) is 78.0 Å². The lowest BCUT2D eigenvalue weighted by Gasteiger charge is -2.15. The molecule has 6 heteroatoms. The van der Waals surface area contributed by atoms with Crippen LogP contribution in [-0.2, 0) is 4.79 Å². The van der Waals surface area contributed by atoms with Crippen LogP contribution in [0, 0.1) is 6.92 Å². The van der Waals surface area contributed by atoms with Gasteiger partial charge in [-0.15, -0.1) is 0 Å². The van der Waals surface area contributed by atoms with Crippen LogP contribution >= 0.6 is 11.8 Å². The van der Waals surface area contributed by atoms with E-state index in [1.807, 2.05) is 43.3 Å². The molecule has 0 aliphatic rings. The summed E-state index contributed by atoms with van der Waals surface area (Å²) in [5.41, 5.74) is 7.62. The molecule has 0 bridgehead atoms. The number of thioether (sulfide) groups is 1. The molecule has 0 aliphatic carbocycles. The highest BCUT2D eigenvalue weighted by molar-refractivity contribution is 8.00. The maximum absolute atomic E-state index is 13.0. The van der Waals surface area contributed by atoms with Crippen molar-refractivity contribution >= 4 is 28.6 Å². The maximum atomic E-state index is 13.0. The summed E-state index contributed by atoms with van der Waals surface area (Å²) in [6.07, 6.45) is 0. The zero-order chi connectivity index (χ0) is 17.3. The molecule has 3 aromatic rings. The fourth-order valence-corrected chi connectivity index (χ4v) is 3.21. The van der Waals surface area contributed by atoms with E-state index >= 15 is 0 Å². The van der Waals surface area contributed by atoms with Gasteiger partial charge in [0.2, 0.25) is 5.91 Å². The summed E-state index contributed by atoms with van der Waals surface area (Å²) in [6, 6.07) is 14.8. The van der Waals surface area contributed by atoms with Gasteiger partial charge in [-0.05, 0) is 38.1 Å². The molecule has 3 rings (SSSR count). The number of benzene rings is 2. The second kappa shape index (κ2) is 6.49. The Balaban J connectivity index is 2.27. The summed E-state index contributed by atoms with van der Waals surface area (Å²) in [6.45, 7) is 3.68. The van der Waals surface area contributed by atoms with Gasteiger partial charge in [0.15, 0.2) is 5.16 Å². The van der Waals surface area contributed by atoms with E-state index < -0.39 is 11.2 Å². The van der Waals surface area contributed by atoms with Crippen molar-refractivity contribution < 1.29 is 4.79 Å². The SMILES string of the molecule is Cc1ccc(-n2c(S[C@@H](C)C(N)=O)nc3ccccc3c2=O)cc1. The molecule has 1 aromatic heterocycles. The monoisotopic (exact) mass is 339 g/mol. The van der Waals surface area contributed by atoms with Crippen LogP contribution in [0.3, 0.4) is 0 Å². The molecule has 24 heavy (non-hydrogen) atoms. The van der Waals surface area contributed by atoms with Gasteiger partial charge in [-0.1, -0.05) is 41.6 Å². The Hall–Kier alpha value is -2.60. The van der Waals surface area contributed by atoms with E-state index in [9.17, 15) is 9.59 Å². The van der Waals surface area contributed by atoms with Crippen molar-refractivity contribution in [2.75, 3.05) is 0 Å². The van der Waals surface area contributed by atoms with Gasteiger partial charge in [0.05, 0.1) is 21.8 Å². The Bertz CT molecular complexity index is 964. The molecule has 0 saturated heterocycles. The summed E-state index contributed by atoms with van der Waals surface area (Å²) in [4.78, 5) is 29.0. The van der Waals surface area contributed by atoms with Crippen LogP contribution in [0.15, 0.2) is 58.5 Å². The molecule has 5 nitrogen and oxygen atoms in total. The predicted molar refractivity (Wildman–Crippen MR) is 96.6 cm³/mol. The fraction of sp³-hybridized carbons (Fsp3) is 0.167. The van der Waals surface area contributed by atoms with Gasteiger partial charge in [0, 0.05) is 0 Å². The number of hydrogen-bond acceptors (Lipinski definition) is 4. The van der Waals surface area contributed by atoms with E-state index in [-0.39, 0.29) is 5.56 Å². The second-order valence-electron chi connectivity index (χ2n) is 5.55. The molecule has 0 fully saturated rings. The van der Waals surface area contributed by atoms with Crippen LogP contribution in [0.4, 0.5) is 0 Å². The van der Waals surface area contributed by atoms with Gasteiger partial charge >= 0.3 is 0 Å². The quantitative estimate of drug-likeness (QED) is 0.585. The van der Waals surface area contributed by atoms with Gasteiger partial charge in [-0.25, -0.2) is 4.98 Å². The zero-order valence-electron chi connectivity index (χ0n) is 13.4. The van der Waals surface area contributed by atoms with E-state index in [4.69, 9.17) is 5.73 Å². The Labute approximate surface area is 143 Å². The summed E-state index contributed by atoms with van der Waals surface area (Å²) in [5, 5.41) is 0.498. The minimum absolute atomic E-state index is 0.163. The minimum atomic E-state index is -0.491. The first kappa shape index (κ1) is 16.3. The van der Waals surface area contributed by atoms with Crippen molar-refractivity contribution in [3.8, 4) is 5.69 Å². The van der Waals surface area contributed by atoms with Crippen LogP contribution in [0.2, 0.25) is 0 Å². The van der Waals surface area contributed by atoms with Crippen LogP contribution in [-0.4, -0.2) is 20.7 Å². The molecule has 1 heterocycles. The average molecular weight is 339 g/mol. The third kappa shape index (κ3) is 3.05. The van der Waals surface area contributed by atoms with Gasteiger partial charge in [-0.2, -0.15) is 0 Å². The molecule has 0 unspecified atom stereocenters. The predicted octanol–water partition coefficient (Wildman–Crippen LogP) is 2.66. The number of carbonyl (C=O) groups is 1. The Morgan fingerprint density at radius 3 is 2.50 bits per heavy atom. The number of fused-ring (bicyclic) bond motifs is 1. The Morgan fingerprint density at radius 1 is 1.17 bits per heavy atom. The number of carbonyl (C=O) groups excluding carboxylic acids is 1. The third-order valence-corrected chi connectivity index (χ3v) is 4.79. The lowest BCUT2D eigenvalue weighted by atomic mass is 10.2. The molecule has 0 saturated carbocycles. The van der Waals surface area contributed by atoms with E-state index in [0.29, 0.717) is 21.7 Å². The largest absolute Gasteiger partial charge is 0.369 e. The lowest BCUT2D eigenvalue weighted by Crippen LogP contribution is -2.26. The van der Waals surface area contributed by atoms with Gasteiger partial charge in [-0.3, -0.25) is 14.2 Å². The normalized spacial score (nSPS) is 12.2. The first-order valence-corrected chi connectivity index (χ1v) is 8.40. The van der Waals surface area contributed by atoms with Crippen LogP contribution < -0.4 is 11.3 Å². The standard InChI is InChI=1S/C18H17N3O2S/c1-11-7-9-13(10-8-11)21-17(23)14-5-3-4-6-15(14)20-18(21)24-12(2)16(19)22/h3-10,12H,1-2H3,(H2,19,22)/t12-/m0/s1. The van der Waals surface area contributed by atoms with Crippen molar-refractivity contribution in [2.24, 2.45) is 5.73 Å². The molecule has 1 atom stereocenters. The highest BCUT2D eigenvalue weighted by atomic mass is 32.2. The van der Waals surface area contributed by atoms with E-state index in [1.165, 1.54) is 16.3 Å². The number of rotatable bonds is 4. The minimum Gasteiger partial charge on any atom is -0.369 e. The number of nitrogens with two attached hydrogens (primary N) is 1. The second-order valence-corrected chi connectivity index (χ2v) is 6.86. The summed E-state index contributed by atoms with van der Waals surface area (Å²) in [7, 11) is 0. The van der Waals surface area contributed by atoms with Crippen LogP contribution in [0.1, 0.15) is 12.5 Å². The number of nitrogens with zero attached hydrogens (tertiary/aromatic N) is 2. The van der Waals surface area contributed by atoms with Crippen molar-refractivity contribution in [1.82, 2.24) is 9.55 Å². The number of primary amides is 1. The average Bonchev–Trinajstić information content (AvgIpc) is 2.56. The Kier molecular flexibility index (Phi) is 4.40. The first-order valence-electron chi connectivity index (χ1n) is 7.52. The number of aromatic nitrogens is 2. The highest BCUT2D eigenvalue weighted by Crippen LogP contribution is 2.24. The number of amides is 1. The molecule has 2 N–H and O–H groups in total. The molecule has 2 aromatic carbocycles. The fourth-order valence-electron chi connectivity index (χ4n) is 2.33.